The number of ether oxygens (including phenoxy) is 1. The first kappa shape index (κ1) is 19.7. The number of alkyl halides is 3. The predicted molar refractivity (Wildman–Crippen MR) is 71.9 cm³/mol. The van der Waals surface area contributed by atoms with Crippen LogP contribution >= 0.6 is 0 Å². The summed E-state index contributed by atoms with van der Waals surface area (Å²) < 4.78 is 65.9. The van der Waals surface area contributed by atoms with Gasteiger partial charge in [-0.05, 0) is 33.1 Å². The zero-order valence-corrected chi connectivity index (χ0v) is 13.6. The van der Waals surface area contributed by atoms with Crippen molar-refractivity contribution >= 4 is 10.0 Å². The first-order chi connectivity index (χ1) is 8.68. The largest absolute Gasteiger partial charge is 0.414 e. The van der Waals surface area contributed by atoms with Crippen LogP contribution in [0.4, 0.5) is 13.2 Å². The fourth-order valence-electron chi connectivity index (χ4n) is 1.89. The Labute approximate surface area is 119 Å². The molecule has 0 spiro atoms. The highest BCUT2D eigenvalue weighted by Crippen LogP contribution is 2.27. The number of sulfonamides is 1. The molecule has 0 saturated carbocycles. The molecule has 0 aliphatic rings. The Hall–Kier alpha value is -0.340. The first-order valence-electron chi connectivity index (χ1n) is 6.30. The van der Waals surface area contributed by atoms with Crippen LogP contribution in [0.5, 0.6) is 0 Å². The van der Waals surface area contributed by atoms with E-state index in [0.29, 0.717) is 6.42 Å². The van der Waals surface area contributed by atoms with E-state index in [9.17, 15) is 21.6 Å². The van der Waals surface area contributed by atoms with Gasteiger partial charge in [-0.1, -0.05) is 6.92 Å². The maximum absolute atomic E-state index is 12.3. The van der Waals surface area contributed by atoms with Gasteiger partial charge in [0.1, 0.15) is 0 Å². The van der Waals surface area contributed by atoms with Gasteiger partial charge in [0.15, 0.2) is 6.10 Å². The Morgan fingerprint density at radius 3 is 2.00 bits per heavy atom. The van der Waals surface area contributed by atoms with E-state index < -0.39 is 27.8 Å². The highest BCUT2D eigenvalue weighted by molar-refractivity contribution is 7.88. The third kappa shape index (κ3) is 6.41. The molecule has 0 aromatic rings. The van der Waals surface area contributed by atoms with Gasteiger partial charge in [-0.25, -0.2) is 8.42 Å². The Morgan fingerprint density at radius 1 is 1.20 bits per heavy atom. The third-order valence-corrected chi connectivity index (χ3v) is 4.78. The van der Waals surface area contributed by atoms with Crippen molar-refractivity contribution < 1.29 is 26.3 Å². The van der Waals surface area contributed by atoms with Crippen molar-refractivity contribution in [1.29, 1.82) is 0 Å². The Morgan fingerprint density at radius 2 is 1.65 bits per heavy atom. The summed E-state index contributed by atoms with van der Waals surface area (Å²) >= 11 is 0. The molecular formula is C12H24F3NO3S. The second-order valence-corrected chi connectivity index (χ2v) is 7.88. The van der Waals surface area contributed by atoms with E-state index in [4.69, 9.17) is 4.74 Å². The topological polar surface area (TPSA) is 46.6 Å². The van der Waals surface area contributed by atoms with Crippen LogP contribution in [0.1, 0.15) is 34.1 Å². The number of halogens is 3. The minimum absolute atomic E-state index is 0.0677. The second-order valence-electron chi connectivity index (χ2n) is 5.87. The molecule has 0 saturated heterocycles. The molecule has 0 aliphatic heterocycles. The van der Waals surface area contributed by atoms with Crippen molar-refractivity contribution in [3.05, 3.63) is 0 Å². The van der Waals surface area contributed by atoms with Crippen LogP contribution in [0.3, 0.4) is 0 Å². The number of nitrogens with zero attached hydrogens (tertiary/aromatic N) is 1. The van der Waals surface area contributed by atoms with Gasteiger partial charge in [0.05, 0.1) is 12.9 Å². The summed E-state index contributed by atoms with van der Waals surface area (Å²) in [4.78, 5) is 0. The van der Waals surface area contributed by atoms with E-state index in [1.165, 1.54) is 11.4 Å². The SMILES string of the molecule is CC(CO[C@@H](C)C(F)(F)F)CC(C)(C)N(C)S(C)(=O)=O. The van der Waals surface area contributed by atoms with Crippen molar-refractivity contribution in [1.82, 2.24) is 4.31 Å². The molecule has 0 fully saturated rings. The van der Waals surface area contributed by atoms with Crippen molar-refractivity contribution in [3.63, 3.8) is 0 Å². The molecule has 4 nitrogen and oxygen atoms in total. The highest BCUT2D eigenvalue weighted by atomic mass is 32.2. The van der Waals surface area contributed by atoms with Crippen LogP contribution in [-0.2, 0) is 14.8 Å². The summed E-state index contributed by atoms with van der Waals surface area (Å²) in [6, 6.07) is 0. The Bertz CT molecular complexity index is 407. The molecule has 122 valence electrons. The Kier molecular flexibility index (Phi) is 6.50. The van der Waals surface area contributed by atoms with Crippen LogP contribution in [0.15, 0.2) is 0 Å². The lowest BCUT2D eigenvalue weighted by Gasteiger charge is -2.36. The first-order valence-corrected chi connectivity index (χ1v) is 8.15. The van der Waals surface area contributed by atoms with Gasteiger partial charge in [0, 0.05) is 12.6 Å². The average molecular weight is 319 g/mol. The average Bonchev–Trinajstić information content (AvgIpc) is 2.21. The molecule has 0 rings (SSSR count). The normalized spacial score (nSPS) is 17.3. The van der Waals surface area contributed by atoms with Crippen LogP contribution < -0.4 is 0 Å². The molecule has 0 amide bonds. The lowest BCUT2D eigenvalue weighted by Crippen LogP contribution is -2.46. The molecule has 0 bridgehead atoms. The molecule has 0 aliphatic carbocycles. The summed E-state index contributed by atoms with van der Waals surface area (Å²) in [5.74, 6) is -0.195. The van der Waals surface area contributed by atoms with Gasteiger partial charge in [-0.3, -0.25) is 0 Å². The van der Waals surface area contributed by atoms with Gasteiger partial charge >= 0.3 is 6.18 Å². The van der Waals surface area contributed by atoms with E-state index in [0.717, 1.165) is 13.2 Å². The molecule has 0 radical (unpaired) electrons. The van der Waals surface area contributed by atoms with Gasteiger partial charge in [0.25, 0.3) is 0 Å². The van der Waals surface area contributed by atoms with Gasteiger partial charge < -0.3 is 4.74 Å². The summed E-state index contributed by atoms with van der Waals surface area (Å²) in [5, 5.41) is 0. The molecule has 2 atom stereocenters. The summed E-state index contributed by atoms with van der Waals surface area (Å²) in [5.41, 5.74) is -0.683. The molecule has 0 heterocycles. The predicted octanol–water partition coefficient (Wildman–Crippen LogP) is 2.65. The van der Waals surface area contributed by atoms with Crippen molar-refractivity contribution in [2.24, 2.45) is 5.92 Å². The number of rotatable bonds is 7. The van der Waals surface area contributed by atoms with Crippen LogP contribution in [0.25, 0.3) is 0 Å². The smallest absolute Gasteiger partial charge is 0.369 e. The van der Waals surface area contributed by atoms with Gasteiger partial charge in [-0.15, -0.1) is 0 Å². The zero-order valence-electron chi connectivity index (χ0n) is 12.8. The Balaban J connectivity index is 4.50. The third-order valence-electron chi connectivity index (χ3n) is 3.29. The maximum atomic E-state index is 12.3. The lowest BCUT2D eigenvalue weighted by molar-refractivity contribution is -0.217. The minimum atomic E-state index is -4.38. The highest BCUT2D eigenvalue weighted by Gasteiger charge is 2.37. The fourth-order valence-corrected chi connectivity index (χ4v) is 2.86. The van der Waals surface area contributed by atoms with Crippen molar-refractivity contribution in [3.8, 4) is 0 Å². The van der Waals surface area contributed by atoms with Crippen molar-refractivity contribution in [2.45, 2.75) is 51.9 Å². The van der Waals surface area contributed by atoms with E-state index in [2.05, 4.69) is 0 Å². The molecule has 1 unspecified atom stereocenters. The molecular weight excluding hydrogens is 295 g/mol. The lowest BCUT2D eigenvalue weighted by atomic mass is 9.92. The zero-order chi connectivity index (χ0) is 16.4. The monoisotopic (exact) mass is 319 g/mol. The standard InChI is InChI=1S/C12H24F3NO3S/c1-9(8-19-10(2)12(13,14)15)7-11(3,4)16(5)20(6,17)18/h9-10H,7-8H2,1-6H3/t9?,10-/m0/s1. The summed E-state index contributed by atoms with van der Waals surface area (Å²) in [6.07, 6.45) is -4.69. The number of hydrogen-bond acceptors (Lipinski definition) is 3. The van der Waals surface area contributed by atoms with Crippen LogP contribution in [-0.4, -0.2) is 50.5 Å². The molecule has 0 aromatic carbocycles. The van der Waals surface area contributed by atoms with Gasteiger partial charge in [0.2, 0.25) is 10.0 Å². The van der Waals surface area contributed by atoms with Gasteiger partial charge in [-0.2, -0.15) is 17.5 Å². The summed E-state index contributed by atoms with van der Waals surface area (Å²) in [6.45, 7) is 6.10. The van der Waals surface area contributed by atoms with E-state index >= 15 is 0 Å². The fraction of sp³-hybridized carbons (Fsp3) is 1.00. The molecule has 8 heteroatoms. The molecule has 0 N–H and O–H groups in total. The van der Waals surface area contributed by atoms with E-state index in [1.54, 1.807) is 20.8 Å². The maximum Gasteiger partial charge on any atom is 0.414 e. The van der Waals surface area contributed by atoms with E-state index in [1.807, 2.05) is 0 Å². The second kappa shape index (κ2) is 6.62. The van der Waals surface area contributed by atoms with E-state index in [-0.39, 0.29) is 12.5 Å². The summed E-state index contributed by atoms with van der Waals surface area (Å²) in [7, 11) is -1.89. The quantitative estimate of drug-likeness (QED) is 0.725. The molecule has 20 heavy (non-hydrogen) atoms. The van der Waals surface area contributed by atoms with Crippen molar-refractivity contribution in [2.75, 3.05) is 19.9 Å². The minimum Gasteiger partial charge on any atom is -0.369 e. The molecule has 0 aromatic heterocycles. The number of hydrogen-bond donors (Lipinski definition) is 0. The van der Waals surface area contributed by atoms with Crippen LogP contribution in [0, 0.1) is 5.92 Å². The van der Waals surface area contributed by atoms with Crippen LogP contribution in [0.2, 0.25) is 0 Å².